The van der Waals surface area contributed by atoms with Crippen molar-refractivity contribution in [2.75, 3.05) is 23.3 Å². The van der Waals surface area contributed by atoms with E-state index in [0.29, 0.717) is 6.54 Å². The highest BCUT2D eigenvalue weighted by atomic mass is 16.2. The molecule has 2 aliphatic carbocycles. The molecule has 0 aromatic heterocycles. The number of benzene rings is 2. The van der Waals surface area contributed by atoms with Crippen LogP contribution in [0.4, 0.5) is 11.4 Å². The predicted octanol–water partition coefficient (Wildman–Crippen LogP) is 2.99. The summed E-state index contributed by atoms with van der Waals surface area (Å²) in [6.07, 6.45) is 6.03. The Hall–Kier alpha value is -3.41. The van der Waals surface area contributed by atoms with Gasteiger partial charge in [0.05, 0.1) is 11.8 Å². The van der Waals surface area contributed by atoms with E-state index in [4.69, 9.17) is 0 Å². The average molecular weight is 428 g/mol. The lowest BCUT2D eigenvalue weighted by molar-refractivity contribution is -0.143. The minimum absolute atomic E-state index is 0.151. The number of para-hydroxylation sites is 2. The summed E-state index contributed by atoms with van der Waals surface area (Å²) in [6, 6.07) is 16.1. The van der Waals surface area contributed by atoms with Gasteiger partial charge < -0.3 is 10.2 Å². The van der Waals surface area contributed by atoms with E-state index >= 15 is 0 Å². The number of carbonyl (C=O) groups is 3. The number of rotatable bonds is 5. The maximum absolute atomic E-state index is 12.9. The summed E-state index contributed by atoms with van der Waals surface area (Å²) in [5.74, 6) is -0.943. The van der Waals surface area contributed by atoms with Gasteiger partial charge in [0, 0.05) is 24.5 Å². The van der Waals surface area contributed by atoms with Crippen molar-refractivity contribution in [3.8, 4) is 0 Å². The standard InChI is InChI=1S/C26H25N3O3/c30-22(15-29-25(31)23-17-9-10-18(13-17)24(23)26(29)32)27-20-7-3-1-6-19(20)14-28-12-11-16-5-2-4-8-21(16)28/h1-10,17-18,23-24H,11-15H2,(H,27,30)/t17-,18-,23-,24-/m0/s1. The summed E-state index contributed by atoms with van der Waals surface area (Å²) in [7, 11) is 0. The van der Waals surface area contributed by atoms with Crippen molar-refractivity contribution in [2.45, 2.75) is 19.4 Å². The van der Waals surface area contributed by atoms with Crippen molar-refractivity contribution in [3.63, 3.8) is 0 Å². The number of hydrogen-bond donors (Lipinski definition) is 1. The Balaban J connectivity index is 1.15. The summed E-state index contributed by atoms with van der Waals surface area (Å²) < 4.78 is 0. The third-order valence-electron chi connectivity index (χ3n) is 7.50. The summed E-state index contributed by atoms with van der Waals surface area (Å²) >= 11 is 0. The summed E-state index contributed by atoms with van der Waals surface area (Å²) in [6.45, 7) is 1.41. The molecule has 0 unspecified atom stereocenters. The van der Waals surface area contributed by atoms with Gasteiger partial charge in [0.25, 0.3) is 0 Å². The number of carbonyl (C=O) groups excluding carboxylic acids is 3. The van der Waals surface area contributed by atoms with Gasteiger partial charge in [0.2, 0.25) is 17.7 Å². The molecule has 1 saturated heterocycles. The monoisotopic (exact) mass is 427 g/mol. The molecule has 2 fully saturated rings. The van der Waals surface area contributed by atoms with Crippen molar-refractivity contribution < 1.29 is 14.4 Å². The van der Waals surface area contributed by atoms with E-state index in [1.807, 2.05) is 30.3 Å². The molecular weight excluding hydrogens is 402 g/mol. The zero-order valence-electron chi connectivity index (χ0n) is 17.7. The van der Waals surface area contributed by atoms with Crippen LogP contribution in [0, 0.1) is 23.7 Å². The molecule has 4 aliphatic rings. The number of anilines is 2. The molecule has 2 heterocycles. The number of nitrogens with one attached hydrogen (secondary N) is 1. The van der Waals surface area contributed by atoms with Gasteiger partial charge in [-0.25, -0.2) is 0 Å². The number of allylic oxidation sites excluding steroid dienone is 2. The molecule has 6 nitrogen and oxygen atoms in total. The maximum Gasteiger partial charge on any atom is 0.244 e. The first-order valence-electron chi connectivity index (χ1n) is 11.3. The Morgan fingerprint density at radius 3 is 2.41 bits per heavy atom. The van der Waals surface area contributed by atoms with Gasteiger partial charge in [-0.05, 0) is 47.9 Å². The second-order valence-electron chi connectivity index (χ2n) is 9.27. The van der Waals surface area contributed by atoms with Crippen molar-refractivity contribution in [1.82, 2.24) is 4.90 Å². The van der Waals surface area contributed by atoms with E-state index in [0.717, 1.165) is 30.6 Å². The second kappa shape index (κ2) is 7.33. The minimum atomic E-state index is -0.332. The van der Waals surface area contributed by atoms with Crippen LogP contribution in [0.5, 0.6) is 0 Å². The van der Waals surface area contributed by atoms with E-state index in [2.05, 4.69) is 40.6 Å². The van der Waals surface area contributed by atoms with Gasteiger partial charge in [-0.1, -0.05) is 48.6 Å². The van der Waals surface area contributed by atoms with E-state index in [9.17, 15) is 14.4 Å². The highest BCUT2D eigenvalue weighted by Gasteiger charge is 2.59. The smallest absolute Gasteiger partial charge is 0.244 e. The van der Waals surface area contributed by atoms with E-state index in [-0.39, 0.29) is 47.9 Å². The summed E-state index contributed by atoms with van der Waals surface area (Å²) in [4.78, 5) is 42.1. The van der Waals surface area contributed by atoms with E-state index < -0.39 is 0 Å². The molecule has 162 valence electrons. The fourth-order valence-electron chi connectivity index (χ4n) is 6.01. The largest absolute Gasteiger partial charge is 0.367 e. The Morgan fingerprint density at radius 1 is 0.938 bits per heavy atom. The van der Waals surface area contributed by atoms with Crippen molar-refractivity contribution in [3.05, 3.63) is 71.8 Å². The Kier molecular flexibility index (Phi) is 4.42. The summed E-state index contributed by atoms with van der Waals surface area (Å²) in [5, 5.41) is 2.95. The zero-order valence-corrected chi connectivity index (χ0v) is 17.7. The van der Waals surface area contributed by atoms with Crippen LogP contribution >= 0.6 is 0 Å². The molecule has 6 heteroatoms. The number of fused-ring (bicyclic) bond motifs is 6. The number of likely N-dealkylation sites (tertiary alicyclic amines) is 1. The van der Waals surface area contributed by atoms with Crippen LogP contribution in [0.25, 0.3) is 0 Å². The number of hydrogen-bond acceptors (Lipinski definition) is 4. The van der Waals surface area contributed by atoms with Gasteiger partial charge >= 0.3 is 0 Å². The van der Waals surface area contributed by atoms with Crippen LogP contribution in [0.1, 0.15) is 17.5 Å². The average Bonchev–Trinajstić information content (AvgIpc) is 3.56. The zero-order chi connectivity index (χ0) is 21.8. The lowest BCUT2D eigenvalue weighted by atomic mass is 9.85. The molecule has 6 rings (SSSR count). The molecule has 0 radical (unpaired) electrons. The van der Waals surface area contributed by atoms with Crippen LogP contribution in [-0.2, 0) is 27.3 Å². The molecule has 2 aromatic rings. The number of imide groups is 1. The summed E-state index contributed by atoms with van der Waals surface area (Å²) in [5.41, 5.74) is 4.31. The highest BCUT2D eigenvalue weighted by molar-refractivity contribution is 6.09. The van der Waals surface area contributed by atoms with E-state index in [1.165, 1.54) is 16.2 Å². The lowest BCUT2D eigenvalue weighted by Gasteiger charge is -2.22. The predicted molar refractivity (Wildman–Crippen MR) is 121 cm³/mol. The van der Waals surface area contributed by atoms with Crippen LogP contribution in [0.2, 0.25) is 0 Å². The molecule has 2 bridgehead atoms. The first kappa shape index (κ1) is 19.3. The number of amides is 3. The van der Waals surface area contributed by atoms with Crippen molar-refractivity contribution in [2.24, 2.45) is 23.7 Å². The molecule has 2 aromatic carbocycles. The van der Waals surface area contributed by atoms with Crippen LogP contribution in [0.3, 0.4) is 0 Å². The molecular formula is C26H25N3O3. The number of nitrogens with zero attached hydrogens (tertiary/aromatic N) is 2. The third kappa shape index (κ3) is 2.97. The highest BCUT2D eigenvalue weighted by Crippen LogP contribution is 2.52. The van der Waals surface area contributed by atoms with Crippen molar-refractivity contribution in [1.29, 1.82) is 0 Å². The quantitative estimate of drug-likeness (QED) is 0.588. The normalized spacial score (nSPS) is 27.2. The maximum atomic E-state index is 12.9. The Bertz CT molecular complexity index is 1130. The Morgan fingerprint density at radius 2 is 1.62 bits per heavy atom. The fourth-order valence-corrected chi connectivity index (χ4v) is 6.01. The van der Waals surface area contributed by atoms with E-state index in [1.54, 1.807) is 0 Å². The third-order valence-corrected chi connectivity index (χ3v) is 7.50. The van der Waals surface area contributed by atoms with Gasteiger partial charge in [0.1, 0.15) is 6.54 Å². The molecule has 0 spiro atoms. The van der Waals surface area contributed by atoms with Crippen molar-refractivity contribution >= 4 is 29.1 Å². The van der Waals surface area contributed by atoms with Gasteiger partial charge in [-0.2, -0.15) is 0 Å². The molecule has 4 atom stereocenters. The van der Waals surface area contributed by atoms with Gasteiger partial charge in [0.15, 0.2) is 0 Å². The van der Waals surface area contributed by atoms with Crippen LogP contribution in [0.15, 0.2) is 60.7 Å². The second-order valence-corrected chi connectivity index (χ2v) is 9.27. The lowest BCUT2D eigenvalue weighted by Crippen LogP contribution is -2.39. The minimum Gasteiger partial charge on any atom is -0.367 e. The van der Waals surface area contributed by atoms with Gasteiger partial charge in [-0.15, -0.1) is 0 Å². The first-order chi connectivity index (χ1) is 15.6. The first-order valence-corrected chi connectivity index (χ1v) is 11.3. The topological polar surface area (TPSA) is 69.7 Å². The fraction of sp³-hybridized carbons (Fsp3) is 0.346. The molecule has 1 saturated carbocycles. The molecule has 2 aliphatic heterocycles. The van der Waals surface area contributed by atoms with Crippen LogP contribution < -0.4 is 10.2 Å². The van der Waals surface area contributed by atoms with Crippen LogP contribution in [-0.4, -0.2) is 35.7 Å². The molecule has 1 N–H and O–H groups in total. The molecule has 3 amide bonds. The molecule has 32 heavy (non-hydrogen) atoms. The Labute approximate surface area is 186 Å². The van der Waals surface area contributed by atoms with Gasteiger partial charge in [-0.3, -0.25) is 19.3 Å². The SMILES string of the molecule is O=C(CN1C(=O)[C@@H]2[C@@H](C1=O)[C@H]1C=C[C@H]2C1)Nc1ccccc1CN1CCc2ccccc21.